The van der Waals surface area contributed by atoms with E-state index in [9.17, 15) is 9.59 Å². The van der Waals surface area contributed by atoms with Gasteiger partial charge in [-0.3, -0.25) is 9.59 Å². The van der Waals surface area contributed by atoms with Crippen molar-refractivity contribution in [1.82, 2.24) is 10.6 Å². The number of nitrogens with one attached hydrogen (secondary N) is 2. The van der Waals surface area contributed by atoms with Crippen molar-refractivity contribution in [2.45, 2.75) is 51.5 Å². The molecule has 2 N–H and O–H groups in total. The highest BCUT2D eigenvalue weighted by Gasteiger charge is 2.14. The first-order chi connectivity index (χ1) is 13.6. The van der Waals surface area contributed by atoms with Crippen LogP contribution in [-0.2, 0) is 24.1 Å². The number of carbonyl (C=O) groups excluding carboxylic acids is 2. The normalized spacial score (nSPS) is 14.6. The first-order valence-corrected chi connectivity index (χ1v) is 10.3. The number of carbonyl (C=O) groups is 2. The fourth-order valence-corrected chi connectivity index (χ4v) is 3.67. The number of fused-ring (bicyclic) bond motifs is 1. The van der Waals surface area contributed by atoms with Crippen molar-refractivity contribution in [3.8, 4) is 0 Å². The summed E-state index contributed by atoms with van der Waals surface area (Å²) < 4.78 is 0. The number of aryl methyl sites for hydroxylation is 1. The molecular formula is C24H30N2O2. The van der Waals surface area contributed by atoms with Crippen LogP contribution in [0.1, 0.15) is 53.2 Å². The van der Waals surface area contributed by atoms with Crippen LogP contribution < -0.4 is 10.6 Å². The maximum absolute atomic E-state index is 12.5. The summed E-state index contributed by atoms with van der Waals surface area (Å²) in [5.74, 6) is -0.0000311. The van der Waals surface area contributed by atoms with E-state index in [1.165, 1.54) is 16.7 Å². The highest BCUT2D eigenvalue weighted by molar-refractivity contribution is 5.98. The van der Waals surface area contributed by atoms with Crippen LogP contribution in [0.5, 0.6) is 0 Å². The molecule has 0 aromatic heterocycles. The first kappa shape index (κ1) is 20.3. The number of Topliss-reactive ketones (excluding diaryl/α,β-unsaturated/α-hetero) is 1. The van der Waals surface area contributed by atoms with Gasteiger partial charge in [0, 0.05) is 24.4 Å². The van der Waals surface area contributed by atoms with Gasteiger partial charge in [-0.2, -0.15) is 0 Å². The number of amides is 1. The van der Waals surface area contributed by atoms with Crippen LogP contribution in [0, 0.1) is 0 Å². The molecule has 1 aliphatic rings. The van der Waals surface area contributed by atoms with E-state index in [0.717, 1.165) is 44.3 Å². The van der Waals surface area contributed by atoms with Crippen LogP contribution in [0.3, 0.4) is 0 Å². The number of ketones is 1. The van der Waals surface area contributed by atoms with Crippen LogP contribution in [-0.4, -0.2) is 30.8 Å². The van der Waals surface area contributed by atoms with E-state index in [2.05, 4.69) is 28.8 Å². The Hall–Kier alpha value is -2.46. The molecule has 0 radical (unpaired) electrons. The van der Waals surface area contributed by atoms with Crippen molar-refractivity contribution in [2.24, 2.45) is 0 Å². The molecule has 1 heterocycles. The number of rotatable bonds is 8. The molecule has 1 amide bonds. The Morgan fingerprint density at radius 1 is 1.00 bits per heavy atom. The Morgan fingerprint density at radius 2 is 1.75 bits per heavy atom. The summed E-state index contributed by atoms with van der Waals surface area (Å²) in [5.41, 5.74) is 4.59. The third-order valence-electron chi connectivity index (χ3n) is 5.37. The summed E-state index contributed by atoms with van der Waals surface area (Å²) in [6.07, 6.45) is 4.29. The van der Waals surface area contributed by atoms with E-state index in [1.54, 1.807) is 0 Å². The van der Waals surface area contributed by atoms with Crippen molar-refractivity contribution >= 4 is 11.7 Å². The van der Waals surface area contributed by atoms with E-state index < -0.39 is 0 Å². The van der Waals surface area contributed by atoms with Crippen molar-refractivity contribution in [3.63, 3.8) is 0 Å². The average molecular weight is 379 g/mol. The van der Waals surface area contributed by atoms with Crippen LogP contribution >= 0.6 is 0 Å². The summed E-state index contributed by atoms with van der Waals surface area (Å²) in [4.78, 5) is 24.7. The molecule has 0 aliphatic carbocycles. The lowest BCUT2D eigenvalue weighted by atomic mass is 9.97. The van der Waals surface area contributed by atoms with E-state index in [1.807, 2.05) is 37.3 Å². The Labute approximate surface area is 167 Å². The highest BCUT2D eigenvalue weighted by Crippen LogP contribution is 2.17. The predicted molar refractivity (Wildman–Crippen MR) is 113 cm³/mol. The molecular weight excluding hydrogens is 348 g/mol. The Balaban J connectivity index is 1.43. The van der Waals surface area contributed by atoms with Gasteiger partial charge in [0.05, 0.1) is 0 Å². The van der Waals surface area contributed by atoms with Crippen molar-refractivity contribution in [3.05, 3.63) is 70.8 Å². The predicted octanol–water partition coefficient (Wildman–Crippen LogP) is 3.48. The molecule has 28 heavy (non-hydrogen) atoms. The third kappa shape index (κ3) is 6.03. The molecule has 2 aromatic rings. The minimum Gasteiger partial charge on any atom is -0.354 e. The Bertz CT molecular complexity index is 802. The van der Waals surface area contributed by atoms with Gasteiger partial charge in [0.2, 0.25) is 5.91 Å². The van der Waals surface area contributed by atoms with Crippen LogP contribution in [0.4, 0.5) is 0 Å². The van der Waals surface area contributed by atoms with Gasteiger partial charge in [-0.05, 0) is 68.5 Å². The second-order valence-electron chi connectivity index (χ2n) is 7.65. The molecule has 0 saturated carbocycles. The van der Waals surface area contributed by atoms with E-state index >= 15 is 0 Å². The molecule has 0 bridgehead atoms. The quantitative estimate of drug-likeness (QED) is 0.692. The third-order valence-corrected chi connectivity index (χ3v) is 5.37. The summed E-state index contributed by atoms with van der Waals surface area (Å²) in [7, 11) is 0. The second-order valence-corrected chi connectivity index (χ2v) is 7.65. The fraction of sp³-hybridized carbons (Fsp3) is 0.417. The maximum Gasteiger partial charge on any atom is 0.220 e. The second kappa shape index (κ2) is 10.2. The summed E-state index contributed by atoms with van der Waals surface area (Å²) in [5, 5.41) is 6.40. The molecule has 0 spiro atoms. The topological polar surface area (TPSA) is 58.2 Å². The monoisotopic (exact) mass is 378 g/mol. The molecule has 3 rings (SSSR count). The molecule has 4 nitrogen and oxygen atoms in total. The average Bonchev–Trinajstić information content (AvgIpc) is 2.96. The van der Waals surface area contributed by atoms with Gasteiger partial charge < -0.3 is 10.6 Å². The van der Waals surface area contributed by atoms with Gasteiger partial charge in [0.25, 0.3) is 0 Å². The van der Waals surface area contributed by atoms with E-state index in [-0.39, 0.29) is 30.6 Å². The zero-order valence-electron chi connectivity index (χ0n) is 16.7. The highest BCUT2D eigenvalue weighted by atomic mass is 16.2. The smallest absolute Gasteiger partial charge is 0.220 e. The van der Waals surface area contributed by atoms with Gasteiger partial charge in [0.15, 0.2) is 5.78 Å². The van der Waals surface area contributed by atoms with E-state index in [4.69, 9.17) is 0 Å². The first-order valence-electron chi connectivity index (χ1n) is 10.3. The molecule has 148 valence electrons. The molecule has 2 aromatic carbocycles. The molecule has 1 unspecified atom stereocenters. The number of hydrogen-bond donors (Lipinski definition) is 2. The number of benzene rings is 2. The standard InChI is InChI=1S/C24H30N2O2/c1-18(7-8-19-5-3-2-4-6-19)26-24(28)12-11-23(27)22-10-9-20-13-15-25-16-14-21(20)17-22/h2-6,9-10,17-18,25H,7-8,11-16H2,1H3,(H,26,28). The van der Waals surface area contributed by atoms with Gasteiger partial charge in [0.1, 0.15) is 0 Å². The number of hydrogen-bond acceptors (Lipinski definition) is 3. The Morgan fingerprint density at radius 3 is 2.54 bits per heavy atom. The Kier molecular flexibility index (Phi) is 7.38. The summed E-state index contributed by atoms with van der Waals surface area (Å²) in [6.45, 7) is 3.96. The van der Waals surface area contributed by atoms with Gasteiger partial charge in [-0.25, -0.2) is 0 Å². The molecule has 0 saturated heterocycles. The minimum absolute atomic E-state index is 0.0482. The molecule has 4 heteroatoms. The zero-order valence-corrected chi connectivity index (χ0v) is 16.7. The van der Waals surface area contributed by atoms with Crippen molar-refractivity contribution < 1.29 is 9.59 Å². The molecule has 1 aliphatic heterocycles. The van der Waals surface area contributed by atoms with Crippen molar-refractivity contribution in [2.75, 3.05) is 13.1 Å². The SMILES string of the molecule is CC(CCc1ccccc1)NC(=O)CCC(=O)c1ccc2c(c1)CCNCC2. The summed E-state index contributed by atoms with van der Waals surface area (Å²) in [6, 6.07) is 16.4. The van der Waals surface area contributed by atoms with Crippen LogP contribution in [0.25, 0.3) is 0 Å². The van der Waals surface area contributed by atoms with E-state index in [0.29, 0.717) is 0 Å². The maximum atomic E-state index is 12.5. The fourth-order valence-electron chi connectivity index (χ4n) is 3.67. The lowest BCUT2D eigenvalue weighted by molar-refractivity contribution is -0.121. The van der Waals surface area contributed by atoms with Gasteiger partial charge in [-0.1, -0.05) is 42.5 Å². The lowest BCUT2D eigenvalue weighted by Gasteiger charge is -2.14. The minimum atomic E-state index is -0.0483. The zero-order chi connectivity index (χ0) is 19.8. The van der Waals surface area contributed by atoms with Crippen LogP contribution in [0.15, 0.2) is 48.5 Å². The largest absolute Gasteiger partial charge is 0.354 e. The summed E-state index contributed by atoms with van der Waals surface area (Å²) >= 11 is 0. The van der Waals surface area contributed by atoms with Gasteiger partial charge in [-0.15, -0.1) is 0 Å². The van der Waals surface area contributed by atoms with Crippen molar-refractivity contribution in [1.29, 1.82) is 0 Å². The van der Waals surface area contributed by atoms with Gasteiger partial charge >= 0.3 is 0 Å². The molecule has 1 atom stereocenters. The molecule has 0 fully saturated rings. The van der Waals surface area contributed by atoms with Crippen LogP contribution in [0.2, 0.25) is 0 Å². The lowest BCUT2D eigenvalue weighted by Crippen LogP contribution is -2.33.